The number of amides is 2. The fourth-order valence-corrected chi connectivity index (χ4v) is 1.88. The second-order valence-electron chi connectivity index (χ2n) is 6.60. The number of carbonyl (C=O) groups is 1. The normalized spacial score (nSPS) is 14.1. The van der Waals surface area contributed by atoms with Crippen LogP contribution in [0.5, 0.6) is 0 Å². The van der Waals surface area contributed by atoms with E-state index in [-0.39, 0.29) is 12.0 Å². The van der Waals surface area contributed by atoms with Crippen LogP contribution in [0.15, 0.2) is 35.2 Å². The number of hydrogen-bond donors (Lipinski definition) is 3. The molecule has 124 valence electrons. The first-order valence-electron chi connectivity index (χ1n) is 7.32. The number of carbonyl (C=O) groups excluding carboxylic acids is 1. The summed E-state index contributed by atoms with van der Waals surface area (Å²) in [5.74, 6) is 1.08. The molecule has 1 atom stereocenters. The van der Waals surface area contributed by atoms with E-state index in [1.165, 1.54) is 6.26 Å². The minimum atomic E-state index is -1.28. The van der Waals surface area contributed by atoms with Crippen LogP contribution >= 0.6 is 0 Å². The van der Waals surface area contributed by atoms with Crippen molar-refractivity contribution in [1.29, 1.82) is 0 Å². The molecule has 2 amide bonds. The topological polar surface area (TPSA) is 100 Å². The van der Waals surface area contributed by atoms with E-state index in [1.54, 1.807) is 31.5 Å². The highest BCUT2D eigenvalue weighted by atomic mass is 16.4. The molecule has 2 aromatic rings. The van der Waals surface area contributed by atoms with Crippen LogP contribution in [-0.2, 0) is 11.0 Å². The van der Waals surface area contributed by atoms with Gasteiger partial charge in [-0.05, 0) is 19.1 Å². The van der Waals surface area contributed by atoms with Crippen LogP contribution in [0.2, 0.25) is 0 Å². The molecular weight excluding hydrogens is 296 g/mol. The lowest BCUT2D eigenvalue weighted by Crippen LogP contribution is -2.40. The van der Waals surface area contributed by atoms with Gasteiger partial charge in [0.05, 0.1) is 30.9 Å². The van der Waals surface area contributed by atoms with E-state index in [1.807, 2.05) is 20.8 Å². The average Bonchev–Trinajstić information content (AvgIpc) is 3.00. The maximum Gasteiger partial charge on any atom is 0.319 e. The standard InChI is InChI=1S/C16H22N4O3/c1-15(2,3)13-17-8-11(9-18-13)20-14(21)19-10-16(4,22)12-6-5-7-23-12/h5-9,22H,10H2,1-4H3,(H2,19,20,21)/t16-/m0/s1. The van der Waals surface area contributed by atoms with Gasteiger partial charge in [0.15, 0.2) is 0 Å². The summed E-state index contributed by atoms with van der Waals surface area (Å²) < 4.78 is 5.15. The zero-order valence-corrected chi connectivity index (χ0v) is 13.8. The van der Waals surface area contributed by atoms with Crippen LogP contribution in [0.1, 0.15) is 39.3 Å². The van der Waals surface area contributed by atoms with Crippen LogP contribution in [0.4, 0.5) is 10.5 Å². The van der Waals surface area contributed by atoms with Crippen molar-refractivity contribution in [3.05, 3.63) is 42.4 Å². The number of nitrogens with zero attached hydrogens (tertiary/aromatic N) is 2. The van der Waals surface area contributed by atoms with Gasteiger partial charge in [-0.2, -0.15) is 0 Å². The number of hydrogen-bond acceptors (Lipinski definition) is 5. The van der Waals surface area contributed by atoms with Gasteiger partial charge in [0, 0.05) is 5.41 Å². The number of anilines is 1. The summed E-state index contributed by atoms with van der Waals surface area (Å²) in [5, 5.41) is 15.5. The first kappa shape index (κ1) is 17.0. The lowest BCUT2D eigenvalue weighted by Gasteiger charge is -2.21. The molecule has 2 rings (SSSR count). The Labute approximate surface area is 135 Å². The summed E-state index contributed by atoms with van der Waals surface area (Å²) in [4.78, 5) is 20.4. The number of rotatable bonds is 4. The first-order valence-corrected chi connectivity index (χ1v) is 7.32. The third-order valence-electron chi connectivity index (χ3n) is 3.23. The van der Waals surface area contributed by atoms with Crippen LogP contribution in [0.25, 0.3) is 0 Å². The van der Waals surface area contributed by atoms with Gasteiger partial charge in [-0.15, -0.1) is 0 Å². The fraction of sp³-hybridized carbons (Fsp3) is 0.438. The van der Waals surface area contributed by atoms with E-state index in [9.17, 15) is 9.90 Å². The van der Waals surface area contributed by atoms with Gasteiger partial charge in [0.1, 0.15) is 17.2 Å². The van der Waals surface area contributed by atoms with Crippen molar-refractivity contribution < 1.29 is 14.3 Å². The molecule has 7 heteroatoms. The third-order valence-corrected chi connectivity index (χ3v) is 3.23. The maximum absolute atomic E-state index is 11.9. The highest BCUT2D eigenvalue weighted by molar-refractivity contribution is 5.88. The molecular formula is C16H22N4O3. The second-order valence-corrected chi connectivity index (χ2v) is 6.60. The van der Waals surface area contributed by atoms with Crippen molar-refractivity contribution in [3.8, 4) is 0 Å². The third kappa shape index (κ3) is 4.53. The summed E-state index contributed by atoms with van der Waals surface area (Å²) in [7, 11) is 0. The first-order chi connectivity index (χ1) is 10.7. The van der Waals surface area contributed by atoms with Crippen molar-refractivity contribution in [3.63, 3.8) is 0 Å². The predicted molar refractivity (Wildman–Crippen MR) is 86.0 cm³/mol. The molecule has 2 heterocycles. The van der Waals surface area contributed by atoms with Gasteiger partial charge < -0.3 is 20.2 Å². The number of furan rings is 1. The number of aliphatic hydroxyl groups is 1. The molecule has 0 fully saturated rings. The van der Waals surface area contributed by atoms with Crippen LogP contribution in [0.3, 0.4) is 0 Å². The van der Waals surface area contributed by atoms with Crippen LogP contribution < -0.4 is 10.6 Å². The molecule has 23 heavy (non-hydrogen) atoms. The molecule has 0 saturated heterocycles. The number of aromatic nitrogens is 2. The van der Waals surface area contributed by atoms with Gasteiger partial charge in [-0.1, -0.05) is 20.8 Å². The van der Waals surface area contributed by atoms with Crippen LogP contribution in [0, 0.1) is 0 Å². The van der Waals surface area contributed by atoms with E-state index in [2.05, 4.69) is 20.6 Å². The van der Waals surface area contributed by atoms with Crippen molar-refractivity contribution in [2.45, 2.75) is 38.7 Å². The molecule has 0 aromatic carbocycles. The van der Waals surface area contributed by atoms with E-state index in [0.29, 0.717) is 17.3 Å². The van der Waals surface area contributed by atoms with E-state index in [4.69, 9.17) is 4.42 Å². The van der Waals surface area contributed by atoms with Crippen LogP contribution in [-0.4, -0.2) is 27.7 Å². The Hall–Kier alpha value is -2.41. The summed E-state index contributed by atoms with van der Waals surface area (Å²) in [6.45, 7) is 7.61. The Bertz CT molecular complexity index is 643. The molecule has 0 radical (unpaired) electrons. The van der Waals surface area contributed by atoms with E-state index >= 15 is 0 Å². The summed E-state index contributed by atoms with van der Waals surface area (Å²) >= 11 is 0. The molecule has 0 aliphatic carbocycles. The van der Waals surface area contributed by atoms with E-state index < -0.39 is 11.6 Å². The Balaban J connectivity index is 1.90. The van der Waals surface area contributed by atoms with Gasteiger partial charge in [0.25, 0.3) is 0 Å². The Kier molecular flexibility index (Phi) is 4.70. The van der Waals surface area contributed by atoms with Crippen molar-refractivity contribution in [2.24, 2.45) is 0 Å². The van der Waals surface area contributed by atoms with E-state index in [0.717, 1.165) is 0 Å². The number of nitrogens with one attached hydrogen (secondary N) is 2. The SMILES string of the molecule is CC(C)(C)c1ncc(NC(=O)NC[C@](C)(O)c2ccco2)cn1. The van der Waals surface area contributed by atoms with Gasteiger partial charge >= 0.3 is 6.03 Å². The van der Waals surface area contributed by atoms with Crippen molar-refractivity contribution in [2.75, 3.05) is 11.9 Å². The highest BCUT2D eigenvalue weighted by Gasteiger charge is 2.26. The van der Waals surface area contributed by atoms with Gasteiger partial charge in [0.2, 0.25) is 0 Å². The molecule has 0 aliphatic rings. The summed E-state index contributed by atoms with van der Waals surface area (Å²) in [6.07, 6.45) is 4.58. The molecule has 0 bridgehead atoms. The minimum absolute atomic E-state index is 0.00722. The fourth-order valence-electron chi connectivity index (χ4n) is 1.88. The molecule has 0 spiro atoms. The quantitative estimate of drug-likeness (QED) is 0.803. The van der Waals surface area contributed by atoms with Gasteiger partial charge in [-0.3, -0.25) is 0 Å². The zero-order chi connectivity index (χ0) is 17.1. The lowest BCUT2D eigenvalue weighted by molar-refractivity contribution is 0.0372. The maximum atomic E-state index is 11.9. The highest BCUT2D eigenvalue weighted by Crippen LogP contribution is 2.20. The minimum Gasteiger partial charge on any atom is -0.466 e. The predicted octanol–water partition coefficient (Wildman–Crippen LogP) is 2.40. The Morgan fingerprint density at radius 1 is 1.26 bits per heavy atom. The van der Waals surface area contributed by atoms with Crippen molar-refractivity contribution >= 4 is 11.7 Å². The second kappa shape index (κ2) is 6.37. The number of urea groups is 1. The molecule has 0 saturated carbocycles. The Morgan fingerprint density at radius 2 is 1.91 bits per heavy atom. The largest absolute Gasteiger partial charge is 0.466 e. The average molecular weight is 318 g/mol. The summed E-state index contributed by atoms with van der Waals surface area (Å²) in [6, 6.07) is 2.88. The monoisotopic (exact) mass is 318 g/mol. The smallest absolute Gasteiger partial charge is 0.319 e. The van der Waals surface area contributed by atoms with Crippen molar-refractivity contribution in [1.82, 2.24) is 15.3 Å². The zero-order valence-electron chi connectivity index (χ0n) is 13.8. The summed E-state index contributed by atoms with van der Waals surface area (Å²) in [5.41, 5.74) is -0.955. The Morgan fingerprint density at radius 3 is 2.43 bits per heavy atom. The molecule has 2 aromatic heterocycles. The molecule has 3 N–H and O–H groups in total. The molecule has 0 unspecified atom stereocenters. The lowest BCUT2D eigenvalue weighted by atomic mass is 9.96. The van der Waals surface area contributed by atoms with Gasteiger partial charge in [-0.25, -0.2) is 14.8 Å². The molecule has 0 aliphatic heterocycles. The molecule has 7 nitrogen and oxygen atoms in total.